The van der Waals surface area contributed by atoms with Gasteiger partial charge in [0.1, 0.15) is 5.52 Å². The van der Waals surface area contributed by atoms with E-state index in [2.05, 4.69) is 61.1 Å². The third kappa shape index (κ3) is 4.58. The molecule has 0 bridgehead atoms. The van der Waals surface area contributed by atoms with Crippen molar-refractivity contribution in [2.45, 2.75) is 33.7 Å². The molecule has 0 radical (unpaired) electrons. The molecule has 0 saturated carbocycles. The van der Waals surface area contributed by atoms with Crippen LogP contribution in [-0.4, -0.2) is 51.2 Å². The molecule has 180 valence electrons. The molecule has 0 N–H and O–H groups in total. The van der Waals surface area contributed by atoms with Gasteiger partial charge in [0.25, 0.3) is 5.56 Å². The van der Waals surface area contributed by atoms with Gasteiger partial charge in [-0.2, -0.15) is 5.10 Å². The lowest BCUT2D eigenvalue weighted by atomic mass is 10.0. The molecule has 5 rings (SSSR count). The second-order valence-corrected chi connectivity index (χ2v) is 9.36. The number of aromatic nitrogens is 3. The summed E-state index contributed by atoms with van der Waals surface area (Å²) in [4.78, 5) is 30.2. The number of rotatable bonds is 5. The van der Waals surface area contributed by atoms with Gasteiger partial charge < -0.3 is 14.4 Å². The van der Waals surface area contributed by atoms with Gasteiger partial charge in [-0.3, -0.25) is 9.59 Å². The van der Waals surface area contributed by atoms with Crippen molar-refractivity contribution in [1.29, 1.82) is 0 Å². The minimum Gasteiger partial charge on any atom is -0.368 e. The van der Waals surface area contributed by atoms with Gasteiger partial charge in [0.15, 0.2) is 0 Å². The fraction of sp³-hybridized carbons (Fsp3) is 0.321. The maximum Gasteiger partial charge on any atom is 0.276 e. The highest BCUT2D eigenvalue weighted by molar-refractivity contribution is 5.76. The summed E-state index contributed by atoms with van der Waals surface area (Å²) in [5.74, 6) is 0.0885. The van der Waals surface area contributed by atoms with Crippen molar-refractivity contribution >= 4 is 17.1 Å². The number of carbonyl (C=O) groups excluding carboxylic acids is 1. The molecule has 0 aliphatic carbocycles. The zero-order valence-corrected chi connectivity index (χ0v) is 20.6. The first kappa shape index (κ1) is 22.9. The maximum atomic E-state index is 13.1. The molecular formula is C28H31N5O2. The molecule has 2 aromatic carbocycles. The molecule has 1 saturated heterocycles. The molecule has 1 aliphatic heterocycles. The molecule has 4 aromatic rings. The molecule has 2 aromatic heterocycles. The Morgan fingerprint density at radius 2 is 1.66 bits per heavy atom. The van der Waals surface area contributed by atoms with Crippen molar-refractivity contribution in [2.24, 2.45) is 0 Å². The summed E-state index contributed by atoms with van der Waals surface area (Å²) < 4.78 is 3.23. The molecule has 35 heavy (non-hydrogen) atoms. The highest BCUT2D eigenvalue weighted by atomic mass is 16.2. The Morgan fingerprint density at radius 1 is 0.886 bits per heavy atom. The van der Waals surface area contributed by atoms with Crippen LogP contribution in [0.15, 0.2) is 65.7 Å². The first-order valence-electron chi connectivity index (χ1n) is 12.2. The average Bonchev–Trinajstić information content (AvgIpc) is 3.31. The van der Waals surface area contributed by atoms with E-state index in [1.807, 2.05) is 23.1 Å². The number of hydrogen-bond donors (Lipinski definition) is 0. The summed E-state index contributed by atoms with van der Waals surface area (Å²) >= 11 is 0. The molecule has 0 atom stereocenters. The monoisotopic (exact) mass is 469 g/mol. The first-order chi connectivity index (χ1) is 16.9. The maximum absolute atomic E-state index is 13.1. The van der Waals surface area contributed by atoms with Gasteiger partial charge in [-0.1, -0.05) is 30.3 Å². The Labute approximate surface area is 205 Å². The average molecular weight is 470 g/mol. The molecule has 1 aliphatic rings. The van der Waals surface area contributed by atoms with E-state index in [0.29, 0.717) is 31.6 Å². The van der Waals surface area contributed by atoms with E-state index in [-0.39, 0.29) is 11.5 Å². The number of fused-ring (bicyclic) bond motifs is 1. The van der Waals surface area contributed by atoms with Crippen LogP contribution in [0.25, 0.3) is 16.8 Å². The predicted molar refractivity (Wildman–Crippen MR) is 139 cm³/mol. The summed E-state index contributed by atoms with van der Waals surface area (Å²) in [6.45, 7) is 9.66. The van der Waals surface area contributed by atoms with E-state index < -0.39 is 0 Å². The van der Waals surface area contributed by atoms with Crippen LogP contribution in [0.1, 0.15) is 23.1 Å². The van der Waals surface area contributed by atoms with E-state index >= 15 is 0 Å². The molecule has 0 spiro atoms. The standard InChI is InChI=1S/C28H31N5O2/c1-20-8-9-23(18-22(20)3)24-19-26-28(35)32(16-17-33(26)29-24)11-10-27(34)31-14-12-30(13-15-31)25-7-5-4-6-21(25)2/h4-9,16-19H,10-15H2,1-3H3. The quantitative estimate of drug-likeness (QED) is 0.446. The Hall–Kier alpha value is -3.87. The smallest absolute Gasteiger partial charge is 0.276 e. The number of hydrogen-bond acceptors (Lipinski definition) is 4. The number of amides is 1. The Morgan fingerprint density at radius 3 is 2.40 bits per heavy atom. The normalized spacial score (nSPS) is 14.0. The van der Waals surface area contributed by atoms with Crippen LogP contribution in [0.3, 0.4) is 0 Å². The second-order valence-electron chi connectivity index (χ2n) is 9.36. The highest BCUT2D eigenvalue weighted by Gasteiger charge is 2.22. The number of benzene rings is 2. The first-order valence-corrected chi connectivity index (χ1v) is 12.2. The molecule has 1 amide bonds. The molecule has 7 nitrogen and oxygen atoms in total. The van der Waals surface area contributed by atoms with Crippen molar-refractivity contribution < 1.29 is 4.79 Å². The van der Waals surface area contributed by atoms with Crippen LogP contribution in [-0.2, 0) is 11.3 Å². The van der Waals surface area contributed by atoms with E-state index in [1.54, 1.807) is 21.5 Å². The number of aryl methyl sites for hydroxylation is 4. The molecule has 3 heterocycles. The fourth-order valence-electron chi connectivity index (χ4n) is 4.73. The van der Waals surface area contributed by atoms with Crippen LogP contribution < -0.4 is 10.5 Å². The van der Waals surface area contributed by atoms with E-state index in [0.717, 1.165) is 24.3 Å². The number of piperazine rings is 1. The van der Waals surface area contributed by atoms with Gasteiger partial charge in [0.2, 0.25) is 5.91 Å². The van der Waals surface area contributed by atoms with Crippen LogP contribution in [0, 0.1) is 20.8 Å². The third-order valence-electron chi connectivity index (χ3n) is 7.06. The molecule has 1 fully saturated rings. The Kier molecular flexibility index (Phi) is 6.16. The van der Waals surface area contributed by atoms with Crippen molar-refractivity contribution in [1.82, 2.24) is 19.1 Å². The lowest BCUT2D eigenvalue weighted by molar-refractivity contribution is -0.131. The number of anilines is 1. The lowest BCUT2D eigenvalue weighted by Gasteiger charge is -2.37. The van der Waals surface area contributed by atoms with Gasteiger partial charge in [-0.25, -0.2) is 4.52 Å². The van der Waals surface area contributed by atoms with Gasteiger partial charge >= 0.3 is 0 Å². The molecule has 7 heteroatoms. The van der Waals surface area contributed by atoms with Crippen LogP contribution >= 0.6 is 0 Å². The number of nitrogens with zero attached hydrogens (tertiary/aromatic N) is 5. The molecule has 0 unspecified atom stereocenters. The summed E-state index contributed by atoms with van der Waals surface area (Å²) in [7, 11) is 0. The summed E-state index contributed by atoms with van der Waals surface area (Å²) in [5.41, 5.74) is 7.04. The van der Waals surface area contributed by atoms with E-state index in [9.17, 15) is 9.59 Å². The van der Waals surface area contributed by atoms with Gasteiger partial charge in [-0.15, -0.1) is 0 Å². The lowest BCUT2D eigenvalue weighted by Crippen LogP contribution is -2.49. The topological polar surface area (TPSA) is 62.9 Å². The highest BCUT2D eigenvalue weighted by Crippen LogP contribution is 2.22. The van der Waals surface area contributed by atoms with E-state index in [4.69, 9.17) is 0 Å². The summed E-state index contributed by atoms with van der Waals surface area (Å²) in [6.07, 6.45) is 3.81. The molecular weight excluding hydrogens is 438 g/mol. The van der Waals surface area contributed by atoms with Crippen molar-refractivity contribution in [3.05, 3.63) is 88.0 Å². The predicted octanol–water partition coefficient (Wildman–Crippen LogP) is 3.83. The third-order valence-corrected chi connectivity index (χ3v) is 7.06. The van der Waals surface area contributed by atoms with Gasteiger partial charge in [0, 0.05) is 62.8 Å². The van der Waals surface area contributed by atoms with Crippen LogP contribution in [0.4, 0.5) is 5.69 Å². The minimum absolute atomic E-state index is 0.0885. The van der Waals surface area contributed by atoms with Crippen molar-refractivity contribution in [3.8, 4) is 11.3 Å². The number of carbonyl (C=O) groups is 1. The zero-order valence-electron chi connectivity index (χ0n) is 20.6. The minimum atomic E-state index is -0.132. The van der Waals surface area contributed by atoms with E-state index in [1.165, 1.54) is 22.4 Å². The van der Waals surface area contributed by atoms with Crippen molar-refractivity contribution in [2.75, 3.05) is 31.1 Å². The Bertz CT molecular complexity index is 1440. The Balaban J connectivity index is 1.24. The SMILES string of the molecule is Cc1ccc(-c2cc3c(=O)n(CCC(=O)N4CCN(c5ccccc5C)CC4)ccn3n2)cc1C. The largest absolute Gasteiger partial charge is 0.368 e. The van der Waals surface area contributed by atoms with Gasteiger partial charge in [0.05, 0.1) is 5.69 Å². The zero-order chi connectivity index (χ0) is 24.5. The fourth-order valence-corrected chi connectivity index (χ4v) is 4.73. The number of para-hydroxylation sites is 1. The van der Waals surface area contributed by atoms with Crippen LogP contribution in [0.2, 0.25) is 0 Å². The van der Waals surface area contributed by atoms with Crippen molar-refractivity contribution in [3.63, 3.8) is 0 Å². The van der Waals surface area contributed by atoms with Gasteiger partial charge in [-0.05, 0) is 55.7 Å². The summed E-state index contributed by atoms with van der Waals surface area (Å²) in [6, 6.07) is 16.4. The van der Waals surface area contributed by atoms with Crippen LogP contribution in [0.5, 0.6) is 0 Å². The summed E-state index contributed by atoms with van der Waals surface area (Å²) in [5, 5.41) is 4.59. The second kappa shape index (κ2) is 9.41.